The molecule has 0 radical (unpaired) electrons. The first-order chi connectivity index (χ1) is 14.4. The average molecular weight is 429 g/mol. The molecule has 0 fully saturated rings. The highest BCUT2D eigenvalue weighted by Crippen LogP contribution is 2.31. The number of fused-ring (bicyclic) bond motifs is 1. The van der Waals surface area contributed by atoms with E-state index in [0.717, 1.165) is 4.68 Å². The van der Waals surface area contributed by atoms with Gasteiger partial charge in [-0.15, -0.1) is 11.3 Å². The van der Waals surface area contributed by atoms with E-state index in [4.69, 9.17) is 9.47 Å². The van der Waals surface area contributed by atoms with Crippen molar-refractivity contribution in [3.8, 4) is 11.4 Å². The largest absolute Gasteiger partial charge is 0.494 e. The zero-order valence-electron chi connectivity index (χ0n) is 17.2. The normalized spacial score (nSPS) is 11.0. The molecule has 9 heteroatoms. The lowest BCUT2D eigenvalue weighted by Crippen LogP contribution is -2.26. The van der Waals surface area contributed by atoms with Crippen molar-refractivity contribution in [3.63, 3.8) is 0 Å². The number of rotatable bonds is 7. The Labute approximate surface area is 177 Å². The van der Waals surface area contributed by atoms with Crippen LogP contribution in [0, 0.1) is 5.92 Å². The van der Waals surface area contributed by atoms with Crippen LogP contribution in [0.5, 0.6) is 5.75 Å². The predicted molar refractivity (Wildman–Crippen MR) is 116 cm³/mol. The van der Waals surface area contributed by atoms with Gasteiger partial charge in [0.1, 0.15) is 10.8 Å². The number of carbonyl (C=O) groups is 2. The number of nitrogens with one attached hydrogen (secondary N) is 1. The Morgan fingerprint density at radius 2 is 1.87 bits per heavy atom. The maximum absolute atomic E-state index is 13.3. The standard InChI is InChI=1S/C21H23N3O5S/c1-5-28-14-9-7-13(8-10-14)24-20(26)16-15(17(23-24)21(27)29-6-2)11-30-19(16)22-18(25)12(3)4/h7-12H,5-6H2,1-4H3,(H,22,25). The molecule has 0 saturated carbocycles. The van der Waals surface area contributed by atoms with Crippen LogP contribution in [0.25, 0.3) is 16.5 Å². The van der Waals surface area contributed by atoms with Gasteiger partial charge in [0.25, 0.3) is 5.56 Å². The minimum absolute atomic E-state index is 0.0154. The smallest absolute Gasteiger partial charge is 0.359 e. The van der Waals surface area contributed by atoms with Gasteiger partial charge in [-0.3, -0.25) is 9.59 Å². The minimum atomic E-state index is -0.637. The highest BCUT2D eigenvalue weighted by molar-refractivity contribution is 7.16. The summed E-state index contributed by atoms with van der Waals surface area (Å²) < 4.78 is 11.7. The summed E-state index contributed by atoms with van der Waals surface area (Å²) in [5.41, 5.74) is 0.0346. The molecule has 1 N–H and O–H groups in total. The summed E-state index contributed by atoms with van der Waals surface area (Å²) >= 11 is 1.17. The molecule has 0 aliphatic rings. The molecule has 158 valence electrons. The highest BCUT2D eigenvalue weighted by Gasteiger charge is 2.23. The monoisotopic (exact) mass is 429 g/mol. The van der Waals surface area contributed by atoms with E-state index < -0.39 is 11.5 Å². The number of thiophene rings is 1. The van der Waals surface area contributed by atoms with Gasteiger partial charge in [-0.2, -0.15) is 9.78 Å². The fourth-order valence-corrected chi connectivity index (χ4v) is 3.71. The van der Waals surface area contributed by atoms with Gasteiger partial charge in [-0.1, -0.05) is 13.8 Å². The van der Waals surface area contributed by atoms with Gasteiger partial charge in [-0.05, 0) is 38.1 Å². The van der Waals surface area contributed by atoms with Gasteiger partial charge in [0.2, 0.25) is 5.91 Å². The van der Waals surface area contributed by atoms with E-state index in [9.17, 15) is 14.4 Å². The van der Waals surface area contributed by atoms with Crippen molar-refractivity contribution in [1.82, 2.24) is 9.78 Å². The van der Waals surface area contributed by atoms with Crippen LogP contribution >= 0.6 is 11.3 Å². The maximum atomic E-state index is 13.3. The Morgan fingerprint density at radius 1 is 1.17 bits per heavy atom. The molecule has 1 aromatic carbocycles. The fourth-order valence-electron chi connectivity index (χ4n) is 2.77. The fraction of sp³-hybridized carbons (Fsp3) is 0.333. The van der Waals surface area contributed by atoms with Crippen LogP contribution in [-0.4, -0.2) is 34.9 Å². The Bertz CT molecular complexity index is 1130. The zero-order chi connectivity index (χ0) is 21.8. The molecule has 2 aromatic heterocycles. The third-order valence-electron chi connectivity index (χ3n) is 4.27. The Balaban J connectivity index is 2.21. The van der Waals surface area contributed by atoms with E-state index in [-0.39, 0.29) is 29.5 Å². The van der Waals surface area contributed by atoms with Crippen molar-refractivity contribution in [3.05, 3.63) is 45.7 Å². The molecule has 0 atom stereocenters. The SMILES string of the molecule is CCOC(=O)c1nn(-c2ccc(OCC)cc2)c(=O)c2c(NC(=O)C(C)C)scc12. The topological polar surface area (TPSA) is 99.5 Å². The molecule has 0 spiro atoms. The molecule has 0 saturated heterocycles. The van der Waals surface area contributed by atoms with Crippen molar-refractivity contribution < 1.29 is 19.1 Å². The summed E-state index contributed by atoms with van der Waals surface area (Å²) in [6.07, 6.45) is 0. The second kappa shape index (κ2) is 9.08. The number of hydrogen-bond acceptors (Lipinski definition) is 7. The minimum Gasteiger partial charge on any atom is -0.494 e. The summed E-state index contributed by atoms with van der Waals surface area (Å²) in [5, 5.41) is 9.63. The Morgan fingerprint density at radius 3 is 2.47 bits per heavy atom. The lowest BCUT2D eigenvalue weighted by Gasteiger charge is -2.11. The van der Waals surface area contributed by atoms with E-state index in [2.05, 4.69) is 10.4 Å². The molecule has 1 amide bonds. The lowest BCUT2D eigenvalue weighted by molar-refractivity contribution is -0.118. The summed E-state index contributed by atoms with van der Waals surface area (Å²) in [6.45, 7) is 7.78. The molecule has 3 rings (SSSR count). The number of nitrogens with zero attached hydrogens (tertiary/aromatic N) is 2. The van der Waals surface area contributed by atoms with Crippen LogP contribution in [-0.2, 0) is 9.53 Å². The number of hydrogen-bond donors (Lipinski definition) is 1. The lowest BCUT2D eigenvalue weighted by atomic mass is 10.2. The van der Waals surface area contributed by atoms with Crippen molar-refractivity contribution in [2.45, 2.75) is 27.7 Å². The molecular formula is C21H23N3O5S. The van der Waals surface area contributed by atoms with E-state index >= 15 is 0 Å². The van der Waals surface area contributed by atoms with Crippen molar-refractivity contribution in [2.75, 3.05) is 18.5 Å². The molecule has 0 aliphatic heterocycles. The van der Waals surface area contributed by atoms with Crippen LogP contribution in [0.3, 0.4) is 0 Å². The summed E-state index contributed by atoms with van der Waals surface area (Å²) in [4.78, 5) is 38.0. The third kappa shape index (κ3) is 4.20. The molecule has 2 heterocycles. The van der Waals surface area contributed by atoms with Crippen LogP contribution in [0.4, 0.5) is 5.00 Å². The number of anilines is 1. The number of aromatic nitrogens is 2. The van der Waals surface area contributed by atoms with Gasteiger partial charge >= 0.3 is 5.97 Å². The second-order valence-corrected chi connectivity index (χ2v) is 7.59. The van der Waals surface area contributed by atoms with Crippen LogP contribution in [0.1, 0.15) is 38.2 Å². The maximum Gasteiger partial charge on any atom is 0.359 e. The number of carbonyl (C=O) groups excluding carboxylic acids is 2. The van der Waals surface area contributed by atoms with Crippen molar-refractivity contribution in [2.24, 2.45) is 5.92 Å². The van der Waals surface area contributed by atoms with E-state index in [1.165, 1.54) is 11.3 Å². The van der Waals surface area contributed by atoms with Crippen molar-refractivity contribution >= 4 is 39.0 Å². The van der Waals surface area contributed by atoms with Crippen LogP contribution in [0.2, 0.25) is 0 Å². The predicted octanol–water partition coefficient (Wildman–Crippen LogP) is 3.62. The molecule has 0 aliphatic carbocycles. The Kier molecular flexibility index (Phi) is 6.51. The molecule has 30 heavy (non-hydrogen) atoms. The number of amides is 1. The van der Waals surface area contributed by atoms with Gasteiger partial charge in [-0.25, -0.2) is 4.79 Å². The van der Waals surface area contributed by atoms with Crippen molar-refractivity contribution in [1.29, 1.82) is 0 Å². The summed E-state index contributed by atoms with van der Waals surface area (Å²) in [5.74, 6) is -0.467. The van der Waals surface area contributed by atoms with Gasteiger partial charge in [0, 0.05) is 16.7 Å². The van der Waals surface area contributed by atoms with E-state index in [0.29, 0.717) is 28.4 Å². The van der Waals surface area contributed by atoms with Crippen LogP contribution < -0.4 is 15.6 Å². The second-order valence-electron chi connectivity index (χ2n) is 6.71. The molecular weight excluding hydrogens is 406 g/mol. The molecule has 0 unspecified atom stereocenters. The van der Waals surface area contributed by atoms with Gasteiger partial charge in [0.05, 0.1) is 24.3 Å². The zero-order valence-corrected chi connectivity index (χ0v) is 18.0. The van der Waals surface area contributed by atoms with Gasteiger partial charge in [0.15, 0.2) is 5.69 Å². The van der Waals surface area contributed by atoms with E-state index in [1.54, 1.807) is 50.4 Å². The summed E-state index contributed by atoms with van der Waals surface area (Å²) in [6, 6.07) is 6.80. The quantitative estimate of drug-likeness (QED) is 0.576. The molecule has 0 bridgehead atoms. The van der Waals surface area contributed by atoms with E-state index in [1.807, 2.05) is 6.92 Å². The highest BCUT2D eigenvalue weighted by atomic mass is 32.1. The van der Waals surface area contributed by atoms with Crippen LogP contribution in [0.15, 0.2) is 34.4 Å². The first-order valence-electron chi connectivity index (χ1n) is 9.63. The number of ether oxygens (including phenoxy) is 2. The third-order valence-corrected chi connectivity index (χ3v) is 5.17. The average Bonchev–Trinajstić information content (AvgIpc) is 3.13. The summed E-state index contributed by atoms with van der Waals surface area (Å²) in [7, 11) is 0. The number of benzene rings is 1. The van der Waals surface area contributed by atoms with Gasteiger partial charge < -0.3 is 14.8 Å². The Hall–Kier alpha value is -3.20. The molecule has 3 aromatic rings. The first-order valence-corrected chi connectivity index (χ1v) is 10.5. The molecule has 8 nitrogen and oxygen atoms in total. The number of esters is 1. The first kappa shape index (κ1) is 21.5.